The van der Waals surface area contributed by atoms with Crippen LogP contribution in [0.25, 0.3) is 10.9 Å². The Bertz CT molecular complexity index is 1400. The maximum absolute atomic E-state index is 14.6. The van der Waals surface area contributed by atoms with Gasteiger partial charge in [0.15, 0.2) is 0 Å². The lowest BCUT2D eigenvalue weighted by atomic mass is 9.83. The Morgan fingerprint density at radius 1 is 1.00 bits per heavy atom. The lowest BCUT2D eigenvalue weighted by Crippen LogP contribution is -2.43. The van der Waals surface area contributed by atoms with Crippen molar-refractivity contribution in [3.63, 3.8) is 0 Å². The SMILES string of the molecule is OCC(O)Cn1ccc2c(C(O)(c3ccc4c(c3)CNN4c3ccc(F)cc3)C(F)(F)F)cccc21. The Balaban J connectivity index is 1.60. The molecule has 1 aromatic heterocycles. The van der Waals surface area contributed by atoms with E-state index in [0.717, 1.165) is 0 Å². The highest BCUT2D eigenvalue weighted by molar-refractivity contribution is 5.85. The van der Waals surface area contributed by atoms with Crippen LogP contribution in [0.1, 0.15) is 16.7 Å². The second kappa shape index (κ2) is 8.90. The molecule has 0 fully saturated rings. The van der Waals surface area contributed by atoms with Gasteiger partial charge in [-0.2, -0.15) is 13.2 Å². The van der Waals surface area contributed by atoms with Crippen LogP contribution >= 0.6 is 0 Å². The smallest absolute Gasteiger partial charge is 0.394 e. The molecule has 4 aromatic rings. The van der Waals surface area contributed by atoms with E-state index in [1.165, 1.54) is 59.3 Å². The highest BCUT2D eigenvalue weighted by Crippen LogP contribution is 2.48. The molecule has 2 atom stereocenters. The van der Waals surface area contributed by atoms with Crippen LogP contribution in [0, 0.1) is 5.82 Å². The number of nitrogens with zero attached hydrogens (tertiary/aromatic N) is 2. The van der Waals surface area contributed by atoms with E-state index < -0.39 is 30.3 Å². The largest absolute Gasteiger partial charge is 0.425 e. The van der Waals surface area contributed by atoms with Crippen LogP contribution in [0.3, 0.4) is 0 Å². The minimum absolute atomic E-state index is 0.0162. The Hall–Kier alpha value is -3.44. The average molecular weight is 501 g/mol. The monoisotopic (exact) mass is 501 g/mol. The van der Waals surface area contributed by atoms with Crippen LogP contribution in [0.5, 0.6) is 0 Å². The Kier molecular flexibility index (Phi) is 6.00. The highest BCUT2D eigenvalue weighted by atomic mass is 19.4. The van der Waals surface area contributed by atoms with Gasteiger partial charge in [-0.1, -0.05) is 18.2 Å². The van der Waals surface area contributed by atoms with Gasteiger partial charge in [0.1, 0.15) is 5.82 Å². The standard InChI is InChI=1S/C26H23F4N3O3/c27-18-5-7-19(8-6-18)33-23-9-4-17(12-16(23)13-31-33)25(36,26(28,29)30)22-2-1-3-24-21(22)10-11-32(24)14-20(35)15-34/h1-12,20,31,34-36H,13-15H2. The van der Waals surface area contributed by atoms with Crippen LogP contribution in [-0.4, -0.2) is 38.8 Å². The fraction of sp³-hybridized carbons (Fsp3) is 0.231. The molecule has 1 aliphatic rings. The number of hydrazine groups is 1. The summed E-state index contributed by atoms with van der Waals surface area (Å²) in [4.78, 5) is 0. The van der Waals surface area contributed by atoms with Gasteiger partial charge in [-0.15, -0.1) is 0 Å². The molecule has 1 aliphatic heterocycles. The molecule has 0 saturated carbocycles. The Morgan fingerprint density at radius 2 is 1.75 bits per heavy atom. The number of halogens is 4. The van der Waals surface area contributed by atoms with Crippen molar-refractivity contribution < 1.29 is 32.9 Å². The predicted octanol–water partition coefficient (Wildman–Crippen LogP) is 4.09. The molecule has 0 saturated heterocycles. The van der Waals surface area contributed by atoms with Crippen molar-refractivity contribution in [1.29, 1.82) is 0 Å². The van der Waals surface area contributed by atoms with Gasteiger partial charge in [0.2, 0.25) is 5.60 Å². The van der Waals surface area contributed by atoms with Gasteiger partial charge in [0.25, 0.3) is 0 Å². The van der Waals surface area contributed by atoms with E-state index in [-0.39, 0.29) is 29.6 Å². The minimum atomic E-state index is -5.05. The minimum Gasteiger partial charge on any atom is -0.394 e. The zero-order valence-corrected chi connectivity index (χ0v) is 18.9. The van der Waals surface area contributed by atoms with Crippen molar-refractivity contribution >= 4 is 22.3 Å². The molecule has 0 radical (unpaired) electrons. The molecule has 0 spiro atoms. The maximum Gasteiger partial charge on any atom is 0.425 e. The fourth-order valence-electron chi connectivity index (χ4n) is 4.70. The third-order valence-electron chi connectivity index (χ3n) is 6.48. The molecule has 2 unspecified atom stereocenters. The molecular formula is C26H23F4N3O3. The summed E-state index contributed by atoms with van der Waals surface area (Å²) < 4.78 is 58.7. The normalized spacial score (nSPS) is 16.2. The third kappa shape index (κ3) is 3.92. The number of aliphatic hydroxyl groups is 3. The van der Waals surface area contributed by atoms with Crippen LogP contribution < -0.4 is 10.4 Å². The quantitative estimate of drug-likeness (QED) is 0.300. The van der Waals surface area contributed by atoms with Crippen molar-refractivity contribution in [1.82, 2.24) is 9.99 Å². The summed E-state index contributed by atoms with van der Waals surface area (Å²) in [6.07, 6.45) is -4.62. The van der Waals surface area contributed by atoms with E-state index in [9.17, 15) is 27.8 Å². The molecule has 0 amide bonds. The highest BCUT2D eigenvalue weighted by Gasteiger charge is 2.57. The van der Waals surface area contributed by atoms with E-state index in [0.29, 0.717) is 22.5 Å². The van der Waals surface area contributed by atoms with Gasteiger partial charge < -0.3 is 19.9 Å². The fourth-order valence-corrected chi connectivity index (χ4v) is 4.70. The molecular weight excluding hydrogens is 478 g/mol. The summed E-state index contributed by atoms with van der Waals surface area (Å²) in [7, 11) is 0. The van der Waals surface area contributed by atoms with E-state index in [2.05, 4.69) is 5.43 Å². The second-order valence-corrected chi connectivity index (χ2v) is 8.74. The number of aromatic nitrogens is 1. The van der Waals surface area contributed by atoms with Crippen molar-refractivity contribution in [3.05, 3.63) is 95.4 Å². The molecule has 0 bridgehead atoms. The first-order valence-electron chi connectivity index (χ1n) is 11.2. The number of nitrogens with one attached hydrogen (secondary N) is 1. The number of rotatable bonds is 6. The summed E-state index contributed by atoms with van der Waals surface area (Å²) >= 11 is 0. The van der Waals surface area contributed by atoms with Crippen LogP contribution in [0.15, 0.2) is 72.9 Å². The second-order valence-electron chi connectivity index (χ2n) is 8.74. The summed E-state index contributed by atoms with van der Waals surface area (Å²) in [5.74, 6) is -0.405. The molecule has 10 heteroatoms. The summed E-state index contributed by atoms with van der Waals surface area (Å²) in [6, 6.07) is 15.4. The average Bonchev–Trinajstić information content (AvgIpc) is 3.47. The van der Waals surface area contributed by atoms with Gasteiger partial charge in [0.05, 0.1) is 30.6 Å². The van der Waals surface area contributed by atoms with Crippen molar-refractivity contribution in [2.24, 2.45) is 0 Å². The molecule has 0 aliphatic carbocycles. The van der Waals surface area contributed by atoms with Gasteiger partial charge in [-0.05, 0) is 59.7 Å². The number of anilines is 2. The molecule has 2 heterocycles. The summed E-state index contributed by atoms with van der Waals surface area (Å²) in [5.41, 5.74) is 1.21. The number of aliphatic hydroxyl groups excluding tert-OH is 2. The van der Waals surface area contributed by atoms with Gasteiger partial charge in [-0.3, -0.25) is 5.01 Å². The molecule has 3 aromatic carbocycles. The van der Waals surface area contributed by atoms with Gasteiger partial charge >= 0.3 is 6.18 Å². The Labute approximate surface area is 203 Å². The zero-order chi connectivity index (χ0) is 25.7. The van der Waals surface area contributed by atoms with E-state index in [1.807, 2.05) is 0 Å². The number of hydrogen-bond acceptors (Lipinski definition) is 5. The van der Waals surface area contributed by atoms with Crippen LogP contribution in [0.2, 0.25) is 0 Å². The van der Waals surface area contributed by atoms with Crippen molar-refractivity contribution in [3.8, 4) is 0 Å². The van der Waals surface area contributed by atoms with Crippen molar-refractivity contribution in [2.75, 3.05) is 11.6 Å². The topological polar surface area (TPSA) is 80.9 Å². The number of alkyl halides is 3. The number of hydrogen-bond donors (Lipinski definition) is 4. The van der Waals surface area contributed by atoms with E-state index in [4.69, 9.17) is 5.11 Å². The van der Waals surface area contributed by atoms with Crippen molar-refractivity contribution in [2.45, 2.75) is 31.0 Å². The predicted molar refractivity (Wildman–Crippen MR) is 126 cm³/mol. The molecule has 5 rings (SSSR count). The van der Waals surface area contributed by atoms with E-state index in [1.54, 1.807) is 23.2 Å². The first kappa shape index (κ1) is 24.3. The zero-order valence-electron chi connectivity index (χ0n) is 18.9. The molecule has 188 valence electrons. The lowest BCUT2D eigenvalue weighted by molar-refractivity contribution is -0.247. The first-order valence-corrected chi connectivity index (χ1v) is 11.2. The van der Waals surface area contributed by atoms with Gasteiger partial charge in [-0.25, -0.2) is 9.82 Å². The number of fused-ring (bicyclic) bond motifs is 2. The Morgan fingerprint density at radius 3 is 2.44 bits per heavy atom. The van der Waals surface area contributed by atoms with Gasteiger partial charge in [0, 0.05) is 29.2 Å². The molecule has 6 nitrogen and oxygen atoms in total. The summed E-state index contributed by atoms with van der Waals surface area (Å²) in [6.45, 7) is -0.296. The van der Waals surface area contributed by atoms with Crippen LogP contribution in [0.4, 0.5) is 28.9 Å². The number of benzene rings is 3. The molecule has 4 N–H and O–H groups in total. The summed E-state index contributed by atoms with van der Waals surface area (Å²) in [5, 5.41) is 32.1. The maximum atomic E-state index is 14.6. The molecule has 36 heavy (non-hydrogen) atoms. The van der Waals surface area contributed by atoms with Crippen LogP contribution in [-0.2, 0) is 18.7 Å². The van der Waals surface area contributed by atoms with E-state index >= 15 is 0 Å². The lowest BCUT2D eigenvalue weighted by Gasteiger charge is -2.32. The third-order valence-corrected chi connectivity index (χ3v) is 6.48. The first-order chi connectivity index (χ1) is 17.1.